The fourth-order valence-corrected chi connectivity index (χ4v) is 4.62. The first-order valence-electron chi connectivity index (χ1n) is 9.93. The molecule has 28 heavy (non-hydrogen) atoms. The number of rotatable bonds is 5. The number of carbonyl (C=O) groups is 1. The van der Waals surface area contributed by atoms with E-state index in [1.165, 1.54) is 31.2 Å². The molecular weight excluding hydrogens is 445 g/mol. The third-order valence-corrected chi connectivity index (χ3v) is 5.83. The van der Waals surface area contributed by atoms with Crippen LogP contribution in [0.2, 0.25) is 5.02 Å². The minimum absolute atomic E-state index is 0. The molecular formula is C23H30ClN2OY+. The maximum atomic E-state index is 13.0. The summed E-state index contributed by atoms with van der Waals surface area (Å²) in [5.41, 5.74) is 4.24. The average molecular weight is 475 g/mol. The van der Waals surface area contributed by atoms with E-state index in [-0.39, 0.29) is 38.6 Å². The zero-order valence-corrected chi connectivity index (χ0v) is 20.6. The van der Waals surface area contributed by atoms with Crippen molar-refractivity contribution >= 4 is 23.2 Å². The van der Waals surface area contributed by atoms with Gasteiger partial charge in [-0.3, -0.25) is 4.79 Å². The summed E-state index contributed by atoms with van der Waals surface area (Å²) in [6, 6.07) is 14.4. The molecule has 3 nitrogen and oxygen atoms in total. The number of likely N-dealkylation sites (tertiary alicyclic amines) is 1. The molecule has 0 aromatic heterocycles. The Kier molecular flexibility index (Phi) is 9.14. The van der Waals surface area contributed by atoms with Gasteiger partial charge < -0.3 is 9.80 Å². The first-order valence-corrected chi connectivity index (χ1v) is 10.3. The average Bonchev–Trinajstić information content (AvgIpc) is 2.84. The molecule has 1 fully saturated rings. The summed E-state index contributed by atoms with van der Waals surface area (Å²) in [7, 11) is 0. The molecule has 0 atom stereocenters. The predicted octanol–water partition coefficient (Wildman–Crippen LogP) is 5.48. The predicted molar refractivity (Wildman–Crippen MR) is 113 cm³/mol. The standard InChI is InChI=1S/C23H29ClN2O.Y/c1-18-14-21(24)15-19(2)23(18)25-22(27)17-26(12-8-3-4-9-13-26)16-20-10-6-5-7-11-20;/h5-7,10-11,14-15H,3-4,8-9,12-13,16-17H2,1-2H3;/p+1. The Morgan fingerprint density at radius 2 is 1.57 bits per heavy atom. The first kappa shape index (κ1) is 23.5. The van der Waals surface area contributed by atoms with Crippen LogP contribution in [0.25, 0.3) is 0 Å². The maximum Gasteiger partial charge on any atom is 0.279 e. The monoisotopic (exact) mass is 474 g/mol. The number of benzene rings is 2. The van der Waals surface area contributed by atoms with E-state index >= 15 is 0 Å². The number of anilines is 1. The second-order valence-corrected chi connectivity index (χ2v) is 8.40. The number of aryl methyl sites for hydroxylation is 2. The molecule has 1 saturated heterocycles. The van der Waals surface area contributed by atoms with Gasteiger partial charge >= 0.3 is 0 Å². The number of nitrogens with zero attached hydrogens (tertiary/aromatic N) is 1. The van der Waals surface area contributed by atoms with Gasteiger partial charge in [-0.15, -0.1) is 0 Å². The van der Waals surface area contributed by atoms with E-state index in [1.807, 2.05) is 26.0 Å². The van der Waals surface area contributed by atoms with E-state index in [1.54, 1.807) is 0 Å². The van der Waals surface area contributed by atoms with Gasteiger partial charge in [0, 0.05) is 49.0 Å². The van der Waals surface area contributed by atoms with E-state index in [9.17, 15) is 4.79 Å². The summed E-state index contributed by atoms with van der Waals surface area (Å²) in [6.45, 7) is 7.58. The zero-order valence-electron chi connectivity index (χ0n) is 17.0. The van der Waals surface area contributed by atoms with Crippen LogP contribution in [0, 0.1) is 13.8 Å². The van der Waals surface area contributed by atoms with Crippen LogP contribution in [0.15, 0.2) is 42.5 Å². The van der Waals surface area contributed by atoms with Crippen LogP contribution in [-0.2, 0) is 44.0 Å². The fourth-order valence-electron chi connectivity index (χ4n) is 4.29. The van der Waals surface area contributed by atoms with Crippen LogP contribution >= 0.6 is 11.6 Å². The molecule has 0 bridgehead atoms. The van der Waals surface area contributed by atoms with Gasteiger partial charge in [-0.25, -0.2) is 0 Å². The van der Waals surface area contributed by atoms with Crippen molar-refractivity contribution in [2.45, 2.75) is 46.1 Å². The van der Waals surface area contributed by atoms with Crippen LogP contribution in [0.1, 0.15) is 42.4 Å². The summed E-state index contributed by atoms with van der Waals surface area (Å²) < 4.78 is 0.849. The van der Waals surface area contributed by atoms with Gasteiger partial charge in [-0.1, -0.05) is 41.9 Å². The Labute approximate surface area is 199 Å². The molecule has 0 unspecified atom stereocenters. The Hall–Kier alpha value is -0.736. The summed E-state index contributed by atoms with van der Waals surface area (Å²) in [4.78, 5) is 13.0. The molecule has 1 N–H and O–H groups in total. The van der Waals surface area contributed by atoms with Gasteiger partial charge in [0.25, 0.3) is 5.91 Å². The summed E-state index contributed by atoms with van der Waals surface area (Å²) in [5, 5.41) is 3.88. The van der Waals surface area contributed by atoms with Crippen LogP contribution in [0.3, 0.4) is 0 Å². The minimum atomic E-state index is 0. The number of amides is 1. The molecule has 2 aromatic carbocycles. The number of halogens is 1. The number of hydrogen-bond acceptors (Lipinski definition) is 1. The van der Waals surface area contributed by atoms with E-state index in [4.69, 9.17) is 11.6 Å². The van der Waals surface area contributed by atoms with Gasteiger partial charge in [0.1, 0.15) is 6.54 Å². The van der Waals surface area contributed by atoms with Crippen molar-refractivity contribution in [2.75, 3.05) is 25.0 Å². The van der Waals surface area contributed by atoms with Crippen molar-refractivity contribution in [1.29, 1.82) is 0 Å². The normalized spacial score (nSPS) is 16.0. The number of hydrogen-bond donors (Lipinski definition) is 1. The van der Waals surface area contributed by atoms with Gasteiger partial charge in [0.15, 0.2) is 6.54 Å². The van der Waals surface area contributed by atoms with Crippen molar-refractivity contribution < 1.29 is 42.0 Å². The molecule has 2 aromatic rings. The third kappa shape index (κ3) is 6.39. The second kappa shape index (κ2) is 10.9. The molecule has 3 rings (SSSR count). The Balaban J connectivity index is 0.00000280. The number of nitrogens with one attached hydrogen (secondary N) is 1. The molecule has 1 heterocycles. The SMILES string of the molecule is Cc1cc(Cl)cc(C)c1NC(=O)C[N+]1(Cc2ccccc2)CCCCCC1.[Y]. The first-order chi connectivity index (χ1) is 13.0. The van der Waals surface area contributed by atoms with Crippen LogP contribution in [-0.4, -0.2) is 30.0 Å². The molecule has 1 radical (unpaired) electrons. The van der Waals surface area contributed by atoms with E-state index < -0.39 is 0 Å². The van der Waals surface area contributed by atoms with Crippen molar-refractivity contribution in [2.24, 2.45) is 0 Å². The largest absolute Gasteiger partial charge is 0.321 e. The number of quaternary nitrogens is 1. The van der Waals surface area contributed by atoms with Crippen LogP contribution < -0.4 is 5.32 Å². The van der Waals surface area contributed by atoms with E-state index in [0.717, 1.165) is 40.9 Å². The van der Waals surface area contributed by atoms with Crippen molar-refractivity contribution in [3.63, 3.8) is 0 Å². The number of carbonyl (C=O) groups excluding carboxylic acids is 1. The van der Waals surface area contributed by atoms with E-state index in [0.29, 0.717) is 11.6 Å². The summed E-state index contributed by atoms with van der Waals surface area (Å²) in [5.74, 6) is 0.0985. The topological polar surface area (TPSA) is 29.1 Å². The molecule has 147 valence electrons. The molecule has 1 amide bonds. The molecule has 1 aliphatic rings. The molecule has 0 spiro atoms. The van der Waals surface area contributed by atoms with Crippen molar-refractivity contribution in [1.82, 2.24) is 0 Å². The molecule has 0 saturated carbocycles. The minimum Gasteiger partial charge on any atom is -0.321 e. The Morgan fingerprint density at radius 1 is 1.00 bits per heavy atom. The molecule has 5 heteroatoms. The fraction of sp³-hybridized carbons (Fsp3) is 0.435. The Morgan fingerprint density at radius 3 is 2.14 bits per heavy atom. The van der Waals surface area contributed by atoms with Crippen LogP contribution in [0.4, 0.5) is 5.69 Å². The van der Waals surface area contributed by atoms with Gasteiger partial charge in [0.2, 0.25) is 0 Å². The quantitative estimate of drug-likeness (QED) is 0.571. The maximum absolute atomic E-state index is 13.0. The smallest absolute Gasteiger partial charge is 0.279 e. The third-order valence-electron chi connectivity index (χ3n) is 5.62. The molecule has 0 aliphatic carbocycles. The molecule has 1 aliphatic heterocycles. The zero-order chi connectivity index (χ0) is 19.3. The summed E-state index contributed by atoms with van der Waals surface area (Å²) >= 11 is 6.13. The van der Waals surface area contributed by atoms with Gasteiger partial charge in [-0.05, 0) is 62.8 Å². The Bertz CT molecular complexity index is 763. The van der Waals surface area contributed by atoms with E-state index in [2.05, 4.69) is 35.6 Å². The summed E-state index contributed by atoms with van der Waals surface area (Å²) in [6.07, 6.45) is 4.93. The van der Waals surface area contributed by atoms with Gasteiger partial charge in [0.05, 0.1) is 13.1 Å². The second-order valence-electron chi connectivity index (χ2n) is 7.97. The van der Waals surface area contributed by atoms with Crippen molar-refractivity contribution in [3.05, 3.63) is 64.2 Å². The van der Waals surface area contributed by atoms with Gasteiger partial charge in [-0.2, -0.15) is 0 Å². The van der Waals surface area contributed by atoms with Crippen molar-refractivity contribution in [3.8, 4) is 0 Å². The van der Waals surface area contributed by atoms with Crippen LogP contribution in [0.5, 0.6) is 0 Å².